The van der Waals surface area contributed by atoms with Crippen LogP contribution >= 0.6 is 11.6 Å². The van der Waals surface area contributed by atoms with Gasteiger partial charge in [-0.05, 0) is 18.1 Å². The van der Waals surface area contributed by atoms with Crippen LogP contribution in [0.1, 0.15) is 15.9 Å². The van der Waals surface area contributed by atoms with Gasteiger partial charge in [-0.2, -0.15) is 0 Å². The second-order valence-electron chi connectivity index (χ2n) is 3.73. The number of nitrogens with zero attached hydrogens (tertiary/aromatic N) is 1. The average molecular weight is 254 g/mol. The molecule has 5 heteroatoms. The summed E-state index contributed by atoms with van der Waals surface area (Å²) >= 11 is 5.56. The van der Waals surface area contributed by atoms with E-state index in [-0.39, 0.29) is 11.8 Å². The van der Waals surface area contributed by atoms with Crippen LogP contribution in [0, 0.1) is 0 Å². The van der Waals surface area contributed by atoms with Gasteiger partial charge in [-0.3, -0.25) is 4.79 Å². The largest absolute Gasteiger partial charge is 0.465 e. The van der Waals surface area contributed by atoms with E-state index in [4.69, 9.17) is 16.3 Å². The lowest BCUT2D eigenvalue weighted by atomic mass is 10.1. The zero-order valence-electron chi connectivity index (χ0n) is 9.40. The maximum Gasteiger partial charge on any atom is 0.339 e. The number of rotatable bonds is 2. The smallest absolute Gasteiger partial charge is 0.339 e. The number of ether oxygens (including phenoxy) is 1. The van der Waals surface area contributed by atoms with Crippen LogP contribution in [-0.2, 0) is 16.0 Å². The number of hydrogen-bond donors (Lipinski definition) is 0. The summed E-state index contributed by atoms with van der Waals surface area (Å²) < 4.78 is 4.71. The number of anilines is 1. The molecular weight excluding hydrogens is 242 g/mol. The minimum absolute atomic E-state index is 0.0883. The van der Waals surface area contributed by atoms with Gasteiger partial charge < -0.3 is 9.64 Å². The van der Waals surface area contributed by atoms with Gasteiger partial charge in [-0.25, -0.2) is 4.79 Å². The Labute approximate surface area is 104 Å². The Hall–Kier alpha value is -1.55. The minimum atomic E-state index is -0.434. The number of hydrogen-bond acceptors (Lipinski definition) is 3. The zero-order valence-corrected chi connectivity index (χ0v) is 10.2. The number of esters is 1. The molecule has 90 valence electrons. The van der Waals surface area contributed by atoms with Gasteiger partial charge in [0.15, 0.2) is 0 Å². The summed E-state index contributed by atoms with van der Waals surface area (Å²) in [5.74, 6) is -0.715. The predicted molar refractivity (Wildman–Crippen MR) is 64.6 cm³/mol. The van der Waals surface area contributed by atoms with E-state index in [1.165, 1.54) is 7.11 Å². The number of halogens is 1. The van der Waals surface area contributed by atoms with E-state index in [9.17, 15) is 9.59 Å². The molecule has 1 aromatic rings. The van der Waals surface area contributed by atoms with Crippen LogP contribution < -0.4 is 4.90 Å². The van der Waals surface area contributed by atoms with E-state index >= 15 is 0 Å². The molecule has 0 saturated heterocycles. The fraction of sp³-hybridized carbons (Fsp3) is 0.333. The molecule has 0 N–H and O–H groups in total. The topological polar surface area (TPSA) is 46.6 Å². The highest BCUT2D eigenvalue weighted by molar-refractivity contribution is 6.29. The Bertz CT molecular complexity index is 473. The highest BCUT2D eigenvalue weighted by atomic mass is 35.5. The zero-order chi connectivity index (χ0) is 12.4. The Morgan fingerprint density at radius 3 is 2.88 bits per heavy atom. The third-order valence-electron chi connectivity index (χ3n) is 2.81. The van der Waals surface area contributed by atoms with Crippen LogP contribution in [0.4, 0.5) is 5.69 Å². The van der Waals surface area contributed by atoms with Crippen molar-refractivity contribution in [3.05, 3.63) is 29.3 Å². The van der Waals surface area contributed by atoms with Gasteiger partial charge in [0, 0.05) is 6.54 Å². The summed E-state index contributed by atoms with van der Waals surface area (Å²) in [6.45, 7) is 0.564. The summed E-state index contributed by atoms with van der Waals surface area (Å²) in [5, 5.41) is 0. The van der Waals surface area contributed by atoms with Crippen LogP contribution in [0.3, 0.4) is 0 Å². The third-order valence-corrected chi connectivity index (χ3v) is 3.04. The Morgan fingerprint density at radius 2 is 2.24 bits per heavy atom. The second kappa shape index (κ2) is 4.75. The van der Waals surface area contributed by atoms with Gasteiger partial charge in [0.05, 0.1) is 18.4 Å². The van der Waals surface area contributed by atoms with Crippen molar-refractivity contribution < 1.29 is 14.3 Å². The molecular formula is C12H12ClNO3. The second-order valence-corrected chi connectivity index (χ2v) is 4.00. The van der Waals surface area contributed by atoms with Gasteiger partial charge in [0.25, 0.3) is 0 Å². The summed E-state index contributed by atoms with van der Waals surface area (Å²) in [6.07, 6.45) is 0.739. The molecule has 0 aliphatic carbocycles. The Morgan fingerprint density at radius 1 is 1.47 bits per heavy atom. The van der Waals surface area contributed by atoms with Crippen molar-refractivity contribution in [3.63, 3.8) is 0 Å². The molecule has 0 spiro atoms. The molecule has 1 aliphatic heterocycles. The molecule has 1 aromatic carbocycles. The number of para-hydroxylation sites is 1. The first-order chi connectivity index (χ1) is 8.19. The summed E-state index contributed by atoms with van der Waals surface area (Å²) in [5.41, 5.74) is 2.04. The van der Waals surface area contributed by atoms with Crippen LogP contribution in [0.2, 0.25) is 0 Å². The van der Waals surface area contributed by atoms with Crippen molar-refractivity contribution in [1.82, 2.24) is 0 Å². The number of carbonyl (C=O) groups is 2. The molecule has 1 heterocycles. The molecule has 0 atom stereocenters. The van der Waals surface area contributed by atoms with Crippen molar-refractivity contribution >= 4 is 29.2 Å². The van der Waals surface area contributed by atoms with Crippen LogP contribution in [0.25, 0.3) is 0 Å². The van der Waals surface area contributed by atoms with Crippen molar-refractivity contribution in [3.8, 4) is 0 Å². The molecule has 0 aromatic heterocycles. The maximum atomic E-state index is 11.7. The predicted octanol–water partition coefficient (Wildman–Crippen LogP) is 1.60. The fourth-order valence-electron chi connectivity index (χ4n) is 2.05. The van der Waals surface area contributed by atoms with E-state index < -0.39 is 5.97 Å². The number of fused-ring (bicyclic) bond motifs is 1. The van der Waals surface area contributed by atoms with Crippen molar-refractivity contribution in [2.75, 3.05) is 24.4 Å². The number of carbonyl (C=O) groups excluding carboxylic acids is 2. The molecule has 0 bridgehead atoms. The maximum absolute atomic E-state index is 11.7. The first-order valence-electron chi connectivity index (χ1n) is 5.25. The number of alkyl halides is 1. The lowest BCUT2D eigenvalue weighted by Crippen LogP contribution is -2.31. The van der Waals surface area contributed by atoms with Crippen molar-refractivity contribution in [2.24, 2.45) is 0 Å². The van der Waals surface area contributed by atoms with E-state index in [0.29, 0.717) is 17.8 Å². The highest BCUT2D eigenvalue weighted by Crippen LogP contribution is 2.32. The summed E-state index contributed by atoms with van der Waals surface area (Å²) in [4.78, 5) is 24.9. The average Bonchev–Trinajstić information content (AvgIpc) is 2.80. The van der Waals surface area contributed by atoms with Crippen LogP contribution in [0.15, 0.2) is 18.2 Å². The Balaban J connectivity index is 2.48. The van der Waals surface area contributed by atoms with Crippen LogP contribution in [-0.4, -0.2) is 31.4 Å². The lowest BCUT2D eigenvalue weighted by Gasteiger charge is -2.18. The molecule has 2 rings (SSSR count). The third kappa shape index (κ3) is 2.00. The molecule has 1 aliphatic rings. The summed E-state index contributed by atoms with van der Waals surface area (Å²) in [7, 11) is 1.32. The minimum Gasteiger partial charge on any atom is -0.465 e. The SMILES string of the molecule is COC(=O)c1cccc2c1N(C(=O)CCl)CC2. The quantitative estimate of drug-likeness (QED) is 0.594. The first kappa shape index (κ1) is 11.9. The first-order valence-corrected chi connectivity index (χ1v) is 5.79. The molecule has 0 radical (unpaired) electrons. The summed E-state index contributed by atoms with van der Waals surface area (Å²) in [6, 6.07) is 5.35. The van der Waals surface area contributed by atoms with Crippen LogP contribution in [0.5, 0.6) is 0 Å². The van der Waals surface area contributed by atoms with E-state index in [1.807, 2.05) is 6.07 Å². The van der Waals surface area contributed by atoms with Gasteiger partial charge >= 0.3 is 5.97 Å². The number of benzene rings is 1. The van der Waals surface area contributed by atoms with E-state index in [2.05, 4.69) is 0 Å². The molecule has 0 fully saturated rings. The van der Waals surface area contributed by atoms with Crippen molar-refractivity contribution in [2.45, 2.75) is 6.42 Å². The molecule has 0 saturated carbocycles. The van der Waals surface area contributed by atoms with Gasteiger partial charge in [-0.1, -0.05) is 12.1 Å². The Kier molecular flexibility index (Phi) is 3.33. The standard InChI is InChI=1S/C12H12ClNO3/c1-17-12(16)9-4-2-3-8-5-6-14(11(8)9)10(15)7-13/h2-4H,5-7H2,1H3. The van der Waals surface area contributed by atoms with Gasteiger partial charge in [0.1, 0.15) is 5.88 Å². The van der Waals surface area contributed by atoms with E-state index in [1.54, 1.807) is 17.0 Å². The number of amides is 1. The number of methoxy groups -OCH3 is 1. The van der Waals surface area contributed by atoms with Gasteiger partial charge in [0.2, 0.25) is 5.91 Å². The normalized spacial score (nSPS) is 13.4. The van der Waals surface area contributed by atoms with Gasteiger partial charge in [-0.15, -0.1) is 11.6 Å². The molecule has 17 heavy (non-hydrogen) atoms. The monoisotopic (exact) mass is 253 g/mol. The molecule has 1 amide bonds. The highest BCUT2D eigenvalue weighted by Gasteiger charge is 2.29. The van der Waals surface area contributed by atoms with E-state index in [0.717, 1.165) is 12.0 Å². The molecule has 4 nitrogen and oxygen atoms in total. The fourth-order valence-corrected chi connectivity index (χ4v) is 2.20. The molecule has 0 unspecified atom stereocenters. The lowest BCUT2D eigenvalue weighted by molar-refractivity contribution is -0.116. The van der Waals surface area contributed by atoms with Crippen molar-refractivity contribution in [1.29, 1.82) is 0 Å².